The third-order valence-corrected chi connectivity index (χ3v) is 5.30. The molecule has 2 rings (SSSR count). The number of esters is 1. The van der Waals surface area contributed by atoms with Crippen molar-refractivity contribution in [3.63, 3.8) is 0 Å². The highest BCUT2D eigenvalue weighted by Crippen LogP contribution is 2.30. The predicted octanol–water partition coefficient (Wildman–Crippen LogP) is 1.77. The van der Waals surface area contributed by atoms with Crippen LogP contribution in [-0.4, -0.2) is 48.2 Å². The highest BCUT2D eigenvalue weighted by molar-refractivity contribution is 7.88. The predicted molar refractivity (Wildman–Crippen MR) is 86.9 cm³/mol. The molecule has 126 valence electrons. The normalized spacial score (nSPS) is 13.5. The Morgan fingerprint density at radius 1 is 1.48 bits per heavy atom. The number of fused-ring (bicyclic) bond motifs is 1. The summed E-state index contributed by atoms with van der Waals surface area (Å²) in [6.07, 6.45) is 2.74. The van der Waals surface area contributed by atoms with Crippen LogP contribution in [0.25, 0.3) is 5.52 Å². The van der Waals surface area contributed by atoms with Crippen molar-refractivity contribution >= 4 is 21.5 Å². The molecule has 2 heterocycles. The minimum absolute atomic E-state index is 0.268. The average molecular weight is 339 g/mol. The van der Waals surface area contributed by atoms with Gasteiger partial charge >= 0.3 is 5.97 Å². The molecule has 1 atom stereocenters. The summed E-state index contributed by atoms with van der Waals surface area (Å²) in [6.45, 7) is 5.55. The van der Waals surface area contributed by atoms with Crippen LogP contribution in [0.2, 0.25) is 0 Å². The zero-order chi connectivity index (χ0) is 17.4. The lowest BCUT2D eigenvalue weighted by atomic mass is 10.1. The summed E-state index contributed by atoms with van der Waals surface area (Å²) >= 11 is 0. The summed E-state index contributed by atoms with van der Waals surface area (Å²) < 4.78 is 31.7. The standard InChI is InChI=1S/C15H21N3O4S/c1-6-22-15(19)13-10(2)14(11(3)17(4)23(5,20)21)18-12(13)8-7-9-16-18/h7-9,11H,6H2,1-5H3. The molecule has 0 saturated carbocycles. The summed E-state index contributed by atoms with van der Waals surface area (Å²) in [4.78, 5) is 12.3. The van der Waals surface area contributed by atoms with Crippen molar-refractivity contribution in [3.8, 4) is 0 Å². The zero-order valence-electron chi connectivity index (χ0n) is 13.9. The van der Waals surface area contributed by atoms with E-state index in [-0.39, 0.29) is 6.61 Å². The number of rotatable bonds is 5. The molecule has 0 saturated heterocycles. The topological polar surface area (TPSA) is 81.0 Å². The van der Waals surface area contributed by atoms with E-state index < -0.39 is 22.0 Å². The van der Waals surface area contributed by atoms with Crippen LogP contribution in [0, 0.1) is 6.92 Å². The SMILES string of the molecule is CCOC(=O)c1c(C)c(C(C)N(C)S(C)(=O)=O)n2ncccc12. The van der Waals surface area contributed by atoms with Crippen LogP contribution >= 0.6 is 0 Å². The van der Waals surface area contributed by atoms with Crippen molar-refractivity contribution in [1.82, 2.24) is 13.9 Å². The van der Waals surface area contributed by atoms with E-state index in [2.05, 4.69) is 5.10 Å². The molecule has 2 aromatic heterocycles. The Morgan fingerprint density at radius 3 is 2.70 bits per heavy atom. The lowest BCUT2D eigenvalue weighted by Gasteiger charge is -2.23. The summed E-state index contributed by atoms with van der Waals surface area (Å²) in [5.74, 6) is -0.434. The molecule has 0 spiro atoms. The highest BCUT2D eigenvalue weighted by Gasteiger charge is 2.29. The molecule has 0 amide bonds. The largest absolute Gasteiger partial charge is 0.462 e. The first kappa shape index (κ1) is 17.4. The minimum atomic E-state index is -3.38. The summed E-state index contributed by atoms with van der Waals surface area (Å²) in [5, 5.41) is 4.28. The fourth-order valence-corrected chi connectivity index (χ4v) is 3.32. The number of nitrogens with zero attached hydrogens (tertiary/aromatic N) is 3. The fourth-order valence-electron chi connectivity index (χ4n) is 2.64. The van der Waals surface area contributed by atoms with Crippen molar-refractivity contribution in [2.45, 2.75) is 26.8 Å². The molecular weight excluding hydrogens is 318 g/mol. The van der Waals surface area contributed by atoms with Crippen molar-refractivity contribution in [2.75, 3.05) is 19.9 Å². The van der Waals surface area contributed by atoms with Crippen molar-refractivity contribution in [1.29, 1.82) is 0 Å². The van der Waals surface area contributed by atoms with Gasteiger partial charge in [-0.05, 0) is 38.5 Å². The van der Waals surface area contributed by atoms with E-state index >= 15 is 0 Å². The molecule has 0 aromatic carbocycles. The van der Waals surface area contributed by atoms with Gasteiger partial charge in [-0.15, -0.1) is 0 Å². The van der Waals surface area contributed by atoms with E-state index in [1.54, 1.807) is 43.6 Å². The van der Waals surface area contributed by atoms with Gasteiger partial charge in [-0.25, -0.2) is 17.7 Å². The first-order chi connectivity index (χ1) is 10.7. The molecule has 7 nitrogen and oxygen atoms in total. The third kappa shape index (κ3) is 3.09. The molecular formula is C15H21N3O4S. The molecule has 0 fully saturated rings. The van der Waals surface area contributed by atoms with Crippen LogP contribution in [-0.2, 0) is 14.8 Å². The van der Waals surface area contributed by atoms with E-state index in [1.165, 1.54) is 11.4 Å². The van der Waals surface area contributed by atoms with Gasteiger partial charge in [0.15, 0.2) is 0 Å². The maximum absolute atomic E-state index is 12.3. The van der Waals surface area contributed by atoms with E-state index in [9.17, 15) is 13.2 Å². The molecule has 0 N–H and O–H groups in total. The number of hydrogen-bond acceptors (Lipinski definition) is 5. The summed E-state index contributed by atoms with van der Waals surface area (Å²) in [6, 6.07) is 3.02. The Bertz CT molecular complexity index is 842. The molecule has 23 heavy (non-hydrogen) atoms. The van der Waals surface area contributed by atoms with Crippen molar-refractivity contribution in [3.05, 3.63) is 35.2 Å². The van der Waals surface area contributed by atoms with E-state index in [4.69, 9.17) is 4.74 Å². The van der Waals surface area contributed by atoms with Crippen LogP contribution in [0.4, 0.5) is 0 Å². The van der Waals surface area contributed by atoms with Crippen molar-refractivity contribution < 1.29 is 17.9 Å². The molecule has 0 aliphatic carbocycles. The fraction of sp³-hybridized carbons (Fsp3) is 0.467. The monoisotopic (exact) mass is 339 g/mol. The smallest absolute Gasteiger partial charge is 0.340 e. The second-order valence-corrected chi connectivity index (χ2v) is 7.42. The molecule has 0 radical (unpaired) electrons. The van der Waals surface area contributed by atoms with Crippen LogP contribution < -0.4 is 0 Å². The van der Waals surface area contributed by atoms with Gasteiger partial charge in [0.1, 0.15) is 0 Å². The maximum Gasteiger partial charge on any atom is 0.340 e. The number of sulfonamides is 1. The zero-order valence-corrected chi connectivity index (χ0v) is 14.7. The summed E-state index contributed by atoms with van der Waals surface area (Å²) in [7, 11) is -1.88. The highest BCUT2D eigenvalue weighted by atomic mass is 32.2. The first-order valence-electron chi connectivity index (χ1n) is 7.26. The van der Waals surface area contributed by atoms with Gasteiger partial charge in [0, 0.05) is 13.2 Å². The first-order valence-corrected chi connectivity index (χ1v) is 9.11. The van der Waals surface area contributed by atoms with Gasteiger partial charge in [-0.3, -0.25) is 0 Å². The van der Waals surface area contributed by atoms with Gasteiger partial charge in [-0.1, -0.05) is 0 Å². The number of carbonyl (C=O) groups excluding carboxylic acids is 1. The maximum atomic E-state index is 12.3. The van der Waals surface area contributed by atoms with Crippen LogP contribution in [0.5, 0.6) is 0 Å². The number of carbonyl (C=O) groups is 1. The van der Waals surface area contributed by atoms with Gasteiger partial charge in [0.25, 0.3) is 0 Å². The van der Waals surface area contributed by atoms with E-state index in [0.717, 1.165) is 6.26 Å². The summed E-state index contributed by atoms with van der Waals surface area (Å²) in [5.41, 5.74) is 2.35. The lowest BCUT2D eigenvalue weighted by molar-refractivity contribution is 0.0528. The minimum Gasteiger partial charge on any atom is -0.462 e. The Kier molecular flexibility index (Phi) is 4.76. The van der Waals surface area contributed by atoms with Gasteiger partial charge < -0.3 is 4.74 Å². The molecule has 8 heteroatoms. The van der Waals surface area contributed by atoms with Gasteiger partial charge in [0.05, 0.1) is 35.7 Å². The van der Waals surface area contributed by atoms with Crippen LogP contribution in [0.3, 0.4) is 0 Å². The van der Waals surface area contributed by atoms with Crippen molar-refractivity contribution in [2.24, 2.45) is 0 Å². The molecule has 0 bridgehead atoms. The third-order valence-electron chi connectivity index (χ3n) is 3.94. The Balaban J connectivity index is 2.70. The second kappa shape index (κ2) is 6.29. The quantitative estimate of drug-likeness (QED) is 0.776. The van der Waals surface area contributed by atoms with Crippen LogP contribution in [0.15, 0.2) is 18.3 Å². The lowest BCUT2D eigenvalue weighted by Crippen LogP contribution is -2.29. The Morgan fingerprint density at radius 2 is 2.13 bits per heavy atom. The van der Waals surface area contributed by atoms with Crippen LogP contribution in [0.1, 0.15) is 41.5 Å². The molecule has 1 unspecified atom stereocenters. The average Bonchev–Trinajstić information content (AvgIpc) is 2.77. The van der Waals surface area contributed by atoms with E-state index in [1.807, 2.05) is 0 Å². The van der Waals surface area contributed by atoms with Gasteiger partial charge in [-0.2, -0.15) is 9.40 Å². The van der Waals surface area contributed by atoms with Gasteiger partial charge in [0.2, 0.25) is 10.0 Å². The molecule has 2 aromatic rings. The molecule has 0 aliphatic heterocycles. The Hall–Kier alpha value is -1.93. The second-order valence-electron chi connectivity index (χ2n) is 5.38. The number of aromatic nitrogens is 2. The number of ether oxygens (including phenoxy) is 1. The van der Waals surface area contributed by atoms with E-state index in [0.29, 0.717) is 22.3 Å². The molecule has 0 aliphatic rings. The number of hydrogen-bond donors (Lipinski definition) is 0. The Labute approximate surface area is 135 Å².